The molecule has 2 amide bonds. The summed E-state index contributed by atoms with van der Waals surface area (Å²) in [6.45, 7) is 2.22. The molecule has 166 valence electrons. The van der Waals surface area contributed by atoms with Crippen LogP contribution in [0, 0.1) is 0 Å². The van der Waals surface area contributed by atoms with Crippen LogP contribution in [0.2, 0.25) is 0 Å². The van der Waals surface area contributed by atoms with Gasteiger partial charge in [0.15, 0.2) is 0 Å². The molecule has 1 saturated heterocycles. The van der Waals surface area contributed by atoms with Gasteiger partial charge in [-0.1, -0.05) is 30.3 Å². The molecule has 0 aromatic heterocycles. The molecule has 0 bridgehead atoms. The maximum absolute atomic E-state index is 11.7. The van der Waals surface area contributed by atoms with E-state index >= 15 is 0 Å². The Morgan fingerprint density at radius 1 is 1.09 bits per heavy atom. The fourth-order valence-corrected chi connectivity index (χ4v) is 3.84. The summed E-state index contributed by atoms with van der Waals surface area (Å²) < 4.78 is 5.79. The lowest BCUT2D eigenvalue weighted by Crippen LogP contribution is -2.50. The van der Waals surface area contributed by atoms with Gasteiger partial charge in [0.05, 0.1) is 6.54 Å². The fourth-order valence-electron chi connectivity index (χ4n) is 3.84. The summed E-state index contributed by atoms with van der Waals surface area (Å²) in [4.78, 5) is 25.1. The van der Waals surface area contributed by atoms with Crippen LogP contribution in [0.4, 0.5) is 0 Å². The van der Waals surface area contributed by atoms with Crippen molar-refractivity contribution in [3.05, 3.63) is 66.2 Å². The van der Waals surface area contributed by atoms with Gasteiger partial charge >= 0.3 is 0 Å². The minimum Gasteiger partial charge on any atom is -0.491 e. The van der Waals surface area contributed by atoms with E-state index in [1.807, 2.05) is 59.5 Å². The number of carbonyl (C=O) groups is 2. The van der Waals surface area contributed by atoms with Gasteiger partial charge in [-0.15, -0.1) is 0 Å². The number of ether oxygens (including phenoxy) is 1. The number of piperazine rings is 1. The lowest BCUT2D eigenvalue weighted by atomic mass is 10.00. The van der Waals surface area contributed by atoms with Gasteiger partial charge in [0.1, 0.15) is 18.5 Å². The smallest absolute Gasteiger partial charge is 0.251 e. The predicted molar refractivity (Wildman–Crippen MR) is 124 cm³/mol. The number of aliphatic hydroxyl groups excluding tert-OH is 1. The van der Waals surface area contributed by atoms with Gasteiger partial charge in [-0.05, 0) is 52.2 Å². The SMILES string of the molecule is CNC(=O)c1ccc(-c2ccc3cc(OCC(O)CN4CCNC(=O)C4)ccc3c2)cc1. The Morgan fingerprint density at radius 2 is 1.81 bits per heavy atom. The number of fused-ring (bicyclic) bond motifs is 1. The fraction of sp³-hybridized carbons (Fsp3) is 0.280. The molecule has 0 saturated carbocycles. The summed E-state index contributed by atoms with van der Waals surface area (Å²) in [5, 5.41) is 17.8. The van der Waals surface area contributed by atoms with Crippen LogP contribution in [-0.2, 0) is 4.79 Å². The van der Waals surface area contributed by atoms with Crippen molar-refractivity contribution in [2.75, 3.05) is 39.8 Å². The molecule has 1 aliphatic heterocycles. The van der Waals surface area contributed by atoms with E-state index in [1.165, 1.54) is 0 Å². The van der Waals surface area contributed by atoms with Crippen LogP contribution >= 0.6 is 0 Å². The zero-order valence-corrected chi connectivity index (χ0v) is 18.0. The summed E-state index contributed by atoms with van der Waals surface area (Å²) in [7, 11) is 1.62. The number of carbonyl (C=O) groups excluding carboxylic acids is 2. The van der Waals surface area contributed by atoms with Crippen molar-refractivity contribution in [2.24, 2.45) is 0 Å². The second-order valence-electron chi connectivity index (χ2n) is 7.93. The maximum atomic E-state index is 11.7. The molecular formula is C25H27N3O4. The van der Waals surface area contributed by atoms with E-state index in [0.717, 1.165) is 28.4 Å². The molecule has 3 aromatic rings. The van der Waals surface area contributed by atoms with Gasteiger partial charge in [0.25, 0.3) is 5.91 Å². The molecule has 1 heterocycles. The number of rotatable bonds is 7. The number of β-amino-alcohol motifs (C(OH)–C–C–N with tert-alkyl or cyclic N) is 1. The van der Waals surface area contributed by atoms with E-state index < -0.39 is 6.10 Å². The van der Waals surface area contributed by atoms with Crippen LogP contribution in [0.3, 0.4) is 0 Å². The van der Waals surface area contributed by atoms with E-state index in [1.54, 1.807) is 7.05 Å². The average Bonchev–Trinajstić information content (AvgIpc) is 2.82. The maximum Gasteiger partial charge on any atom is 0.251 e. The normalized spacial score (nSPS) is 15.2. The van der Waals surface area contributed by atoms with Crippen molar-refractivity contribution in [1.82, 2.24) is 15.5 Å². The topological polar surface area (TPSA) is 90.9 Å². The van der Waals surface area contributed by atoms with Crippen LogP contribution in [0.5, 0.6) is 5.75 Å². The van der Waals surface area contributed by atoms with Gasteiger partial charge < -0.3 is 20.5 Å². The first-order valence-corrected chi connectivity index (χ1v) is 10.7. The molecule has 1 unspecified atom stereocenters. The minimum atomic E-state index is -0.670. The molecular weight excluding hydrogens is 406 g/mol. The first kappa shape index (κ1) is 21.8. The molecule has 3 aromatic carbocycles. The first-order chi connectivity index (χ1) is 15.5. The van der Waals surface area contributed by atoms with Gasteiger partial charge in [0.2, 0.25) is 5.91 Å². The second-order valence-corrected chi connectivity index (χ2v) is 7.93. The van der Waals surface area contributed by atoms with E-state index in [2.05, 4.69) is 16.7 Å². The number of hydrogen-bond acceptors (Lipinski definition) is 5. The lowest BCUT2D eigenvalue weighted by molar-refractivity contribution is -0.124. The zero-order chi connectivity index (χ0) is 22.5. The number of aliphatic hydroxyl groups is 1. The Balaban J connectivity index is 1.39. The summed E-state index contributed by atoms with van der Waals surface area (Å²) >= 11 is 0. The van der Waals surface area contributed by atoms with Crippen LogP contribution in [0.25, 0.3) is 21.9 Å². The lowest BCUT2D eigenvalue weighted by Gasteiger charge is -2.28. The molecule has 32 heavy (non-hydrogen) atoms. The molecule has 7 nitrogen and oxygen atoms in total. The third-order valence-electron chi connectivity index (χ3n) is 5.55. The third kappa shape index (κ3) is 5.25. The van der Waals surface area contributed by atoms with Gasteiger partial charge in [-0.25, -0.2) is 0 Å². The quantitative estimate of drug-likeness (QED) is 0.531. The molecule has 1 fully saturated rings. The average molecular weight is 434 g/mol. The van der Waals surface area contributed by atoms with Crippen LogP contribution in [0.1, 0.15) is 10.4 Å². The molecule has 1 atom stereocenters. The highest BCUT2D eigenvalue weighted by Crippen LogP contribution is 2.27. The molecule has 1 aliphatic rings. The minimum absolute atomic E-state index is 0.0133. The van der Waals surface area contributed by atoms with Crippen molar-refractivity contribution in [1.29, 1.82) is 0 Å². The summed E-state index contributed by atoms with van der Waals surface area (Å²) in [6.07, 6.45) is -0.670. The van der Waals surface area contributed by atoms with Crippen molar-refractivity contribution >= 4 is 22.6 Å². The van der Waals surface area contributed by atoms with Gasteiger partial charge in [-0.2, -0.15) is 0 Å². The number of benzene rings is 3. The molecule has 7 heteroatoms. The number of hydrogen-bond donors (Lipinski definition) is 3. The number of nitrogens with zero attached hydrogens (tertiary/aromatic N) is 1. The highest BCUT2D eigenvalue weighted by atomic mass is 16.5. The number of nitrogens with one attached hydrogen (secondary N) is 2. The van der Waals surface area contributed by atoms with Crippen molar-refractivity contribution in [3.63, 3.8) is 0 Å². The van der Waals surface area contributed by atoms with Crippen molar-refractivity contribution in [2.45, 2.75) is 6.10 Å². The van der Waals surface area contributed by atoms with E-state index in [9.17, 15) is 14.7 Å². The Morgan fingerprint density at radius 3 is 2.56 bits per heavy atom. The van der Waals surface area contributed by atoms with Crippen molar-refractivity contribution < 1.29 is 19.4 Å². The van der Waals surface area contributed by atoms with E-state index in [-0.39, 0.29) is 18.4 Å². The summed E-state index contributed by atoms with van der Waals surface area (Å²) in [5.41, 5.74) is 2.73. The summed E-state index contributed by atoms with van der Waals surface area (Å²) in [5.74, 6) is 0.574. The molecule has 0 spiro atoms. The van der Waals surface area contributed by atoms with E-state index in [4.69, 9.17) is 4.74 Å². The second kappa shape index (κ2) is 9.80. The first-order valence-electron chi connectivity index (χ1n) is 10.7. The standard InChI is InChI=1S/C25H27N3O4/c1-26-25(31)18-4-2-17(3-5-18)19-6-7-21-13-23(9-8-20(21)12-19)32-16-22(29)14-28-11-10-27-24(30)15-28/h2-9,12-13,22,29H,10-11,14-16H2,1H3,(H,26,31)(H,27,30). The van der Waals surface area contributed by atoms with Gasteiger partial charge in [0, 0.05) is 32.2 Å². The zero-order valence-electron chi connectivity index (χ0n) is 18.0. The van der Waals surface area contributed by atoms with Crippen LogP contribution in [0.15, 0.2) is 60.7 Å². The third-order valence-corrected chi connectivity index (χ3v) is 5.55. The Bertz CT molecular complexity index is 1110. The van der Waals surface area contributed by atoms with Crippen molar-refractivity contribution in [3.8, 4) is 16.9 Å². The largest absolute Gasteiger partial charge is 0.491 e. The highest BCUT2D eigenvalue weighted by molar-refractivity contribution is 5.95. The summed E-state index contributed by atoms with van der Waals surface area (Å²) in [6, 6.07) is 19.5. The van der Waals surface area contributed by atoms with Gasteiger partial charge in [-0.3, -0.25) is 14.5 Å². The van der Waals surface area contributed by atoms with Crippen LogP contribution < -0.4 is 15.4 Å². The monoisotopic (exact) mass is 433 g/mol. The Hall–Kier alpha value is -3.42. The molecule has 4 rings (SSSR count). The van der Waals surface area contributed by atoms with Crippen LogP contribution in [-0.4, -0.2) is 67.8 Å². The predicted octanol–water partition coefficient (Wildman–Crippen LogP) is 2.04. The Kier molecular flexibility index (Phi) is 6.68. The highest BCUT2D eigenvalue weighted by Gasteiger charge is 2.19. The number of amides is 2. The molecule has 0 radical (unpaired) electrons. The molecule has 0 aliphatic carbocycles. The molecule has 3 N–H and O–H groups in total. The Labute approximate surface area is 187 Å². The van der Waals surface area contributed by atoms with E-state index in [0.29, 0.717) is 30.9 Å².